The van der Waals surface area contributed by atoms with Gasteiger partial charge < -0.3 is 10.4 Å². The van der Waals surface area contributed by atoms with Gasteiger partial charge in [-0.05, 0) is 54.8 Å². The maximum atomic E-state index is 11.9. The van der Waals surface area contributed by atoms with E-state index < -0.39 is 0 Å². The minimum atomic E-state index is -0.264. The molecular formula is C12H17IN2O2. The first-order valence-corrected chi connectivity index (χ1v) is 6.50. The van der Waals surface area contributed by atoms with E-state index in [0.717, 1.165) is 9.26 Å². The number of carbonyl (C=O) groups excluding carboxylic acids is 1. The SMILES string of the molecule is CC(C(=O)Nc1cccc(I)c1)N(C)CCO. The fraction of sp³-hybridized carbons (Fsp3) is 0.417. The van der Waals surface area contributed by atoms with Crippen LogP contribution in [-0.4, -0.2) is 42.2 Å². The van der Waals surface area contributed by atoms with Crippen LogP contribution in [0.5, 0.6) is 0 Å². The lowest BCUT2D eigenvalue weighted by Gasteiger charge is -2.22. The van der Waals surface area contributed by atoms with Crippen LogP contribution in [0.4, 0.5) is 5.69 Å². The number of halogens is 1. The summed E-state index contributed by atoms with van der Waals surface area (Å²) in [5, 5.41) is 11.7. The normalized spacial score (nSPS) is 12.5. The zero-order valence-corrected chi connectivity index (χ0v) is 12.1. The van der Waals surface area contributed by atoms with Crippen molar-refractivity contribution in [3.8, 4) is 0 Å². The van der Waals surface area contributed by atoms with Crippen LogP contribution in [0.25, 0.3) is 0 Å². The minimum absolute atomic E-state index is 0.0529. The lowest BCUT2D eigenvalue weighted by Crippen LogP contribution is -2.40. The lowest BCUT2D eigenvalue weighted by atomic mass is 10.2. The second-order valence-corrected chi connectivity index (χ2v) is 5.13. The molecule has 4 nitrogen and oxygen atoms in total. The summed E-state index contributed by atoms with van der Waals surface area (Å²) in [4.78, 5) is 13.7. The average Bonchev–Trinajstić information content (AvgIpc) is 2.28. The van der Waals surface area contributed by atoms with E-state index >= 15 is 0 Å². The van der Waals surface area contributed by atoms with Crippen LogP contribution in [0, 0.1) is 3.57 Å². The Labute approximate surface area is 115 Å². The highest BCUT2D eigenvalue weighted by Crippen LogP contribution is 2.13. The maximum Gasteiger partial charge on any atom is 0.241 e. The van der Waals surface area contributed by atoms with Crippen molar-refractivity contribution in [2.24, 2.45) is 0 Å². The average molecular weight is 348 g/mol. The minimum Gasteiger partial charge on any atom is -0.395 e. The van der Waals surface area contributed by atoms with E-state index in [-0.39, 0.29) is 18.6 Å². The van der Waals surface area contributed by atoms with Crippen molar-refractivity contribution in [2.45, 2.75) is 13.0 Å². The van der Waals surface area contributed by atoms with Crippen molar-refractivity contribution >= 4 is 34.2 Å². The van der Waals surface area contributed by atoms with Crippen LogP contribution in [0.3, 0.4) is 0 Å². The summed E-state index contributed by atoms with van der Waals surface area (Å²) in [5.41, 5.74) is 0.797. The number of benzene rings is 1. The number of aliphatic hydroxyl groups is 1. The molecule has 1 aromatic carbocycles. The molecule has 0 aliphatic heterocycles. The van der Waals surface area contributed by atoms with E-state index in [4.69, 9.17) is 5.11 Å². The number of nitrogens with zero attached hydrogens (tertiary/aromatic N) is 1. The number of anilines is 1. The Balaban J connectivity index is 2.60. The molecule has 0 aromatic heterocycles. The van der Waals surface area contributed by atoms with Gasteiger partial charge in [0.1, 0.15) is 0 Å². The molecule has 1 rings (SSSR count). The molecule has 1 aromatic rings. The van der Waals surface area contributed by atoms with Gasteiger partial charge in [0, 0.05) is 15.8 Å². The first kappa shape index (κ1) is 14.4. The predicted octanol–water partition coefficient (Wildman–Crippen LogP) is 1.54. The second kappa shape index (κ2) is 6.93. The third-order valence-electron chi connectivity index (χ3n) is 2.59. The van der Waals surface area contributed by atoms with Gasteiger partial charge in [-0.1, -0.05) is 6.07 Å². The Bertz CT molecular complexity index is 385. The Morgan fingerprint density at radius 3 is 2.88 bits per heavy atom. The number of hydrogen-bond acceptors (Lipinski definition) is 3. The molecule has 0 heterocycles. The Morgan fingerprint density at radius 2 is 2.29 bits per heavy atom. The molecule has 0 aliphatic carbocycles. The van der Waals surface area contributed by atoms with Crippen LogP contribution in [0.2, 0.25) is 0 Å². The third kappa shape index (κ3) is 4.61. The van der Waals surface area contributed by atoms with Crippen molar-refractivity contribution < 1.29 is 9.90 Å². The Hall–Kier alpha value is -0.660. The highest BCUT2D eigenvalue weighted by atomic mass is 127. The van der Waals surface area contributed by atoms with E-state index in [1.807, 2.05) is 43.1 Å². The van der Waals surface area contributed by atoms with Crippen LogP contribution in [0.1, 0.15) is 6.92 Å². The zero-order chi connectivity index (χ0) is 12.8. The fourth-order valence-electron chi connectivity index (χ4n) is 1.36. The summed E-state index contributed by atoms with van der Waals surface area (Å²) in [6, 6.07) is 7.38. The number of likely N-dealkylation sites (N-methyl/N-ethyl adjacent to an activating group) is 1. The fourth-order valence-corrected chi connectivity index (χ4v) is 1.91. The van der Waals surface area contributed by atoms with Gasteiger partial charge in [-0.25, -0.2) is 0 Å². The molecule has 1 atom stereocenters. The quantitative estimate of drug-likeness (QED) is 0.794. The molecule has 0 aliphatic rings. The molecule has 17 heavy (non-hydrogen) atoms. The van der Waals surface area contributed by atoms with Gasteiger partial charge in [0.15, 0.2) is 0 Å². The van der Waals surface area contributed by atoms with E-state index in [9.17, 15) is 4.79 Å². The van der Waals surface area contributed by atoms with Gasteiger partial charge in [0.2, 0.25) is 5.91 Å². The molecule has 94 valence electrons. The molecule has 0 fully saturated rings. The van der Waals surface area contributed by atoms with E-state index in [1.54, 1.807) is 0 Å². The van der Waals surface area contributed by atoms with Crippen LogP contribution < -0.4 is 5.32 Å². The summed E-state index contributed by atoms with van der Waals surface area (Å²) in [5.74, 6) is -0.0667. The van der Waals surface area contributed by atoms with Gasteiger partial charge in [-0.2, -0.15) is 0 Å². The molecule has 0 saturated heterocycles. The third-order valence-corrected chi connectivity index (χ3v) is 3.26. The number of carbonyl (C=O) groups is 1. The maximum absolute atomic E-state index is 11.9. The summed E-state index contributed by atoms with van der Waals surface area (Å²) in [7, 11) is 1.81. The highest BCUT2D eigenvalue weighted by molar-refractivity contribution is 14.1. The smallest absolute Gasteiger partial charge is 0.241 e. The van der Waals surface area contributed by atoms with Crippen molar-refractivity contribution in [1.29, 1.82) is 0 Å². The second-order valence-electron chi connectivity index (χ2n) is 3.88. The van der Waals surface area contributed by atoms with Crippen molar-refractivity contribution in [3.63, 3.8) is 0 Å². The van der Waals surface area contributed by atoms with Gasteiger partial charge in [-0.15, -0.1) is 0 Å². The Morgan fingerprint density at radius 1 is 1.59 bits per heavy atom. The number of rotatable bonds is 5. The number of amides is 1. The Kier molecular flexibility index (Phi) is 5.87. The molecule has 2 N–H and O–H groups in total. The number of aliphatic hydroxyl groups excluding tert-OH is 1. The first-order valence-electron chi connectivity index (χ1n) is 5.42. The van der Waals surface area contributed by atoms with Gasteiger partial charge in [0.25, 0.3) is 0 Å². The molecule has 1 unspecified atom stereocenters. The van der Waals surface area contributed by atoms with E-state index in [0.29, 0.717) is 6.54 Å². The highest BCUT2D eigenvalue weighted by Gasteiger charge is 2.17. The van der Waals surface area contributed by atoms with Crippen molar-refractivity contribution in [3.05, 3.63) is 27.8 Å². The number of nitrogens with one attached hydrogen (secondary N) is 1. The monoisotopic (exact) mass is 348 g/mol. The van der Waals surface area contributed by atoms with Crippen LogP contribution in [0.15, 0.2) is 24.3 Å². The largest absolute Gasteiger partial charge is 0.395 e. The van der Waals surface area contributed by atoms with Gasteiger partial charge in [0.05, 0.1) is 12.6 Å². The van der Waals surface area contributed by atoms with Gasteiger partial charge in [-0.3, -0.25) is 9.69 Å². The summed E-state index contributed by atoms with van der Waals surface area (Å²) < 4.78 is 1.08. The van der Waals surface area contributed by atoms with Crippen LogP contribution in [-0.2, 0) is 4.79 Å². The standard InChI is InChI=1S/C12H17IN2O2/c1-9(15(2)6-7-16)12(17)14-11-5-3-4-10(13)8-11/h3-5,8-9,16H,6-7H2,1-2H3,(H,14,17). The molecular weight excluding hydrogens is 331 g/mol. The number of hydrogen-bond donors (Lipinski definition) is 2. The van der Waals surface area contributed by atoms with E-state index in [1.165, 1.54) is 0 Å². The van der Waals surface area contributed by atoms with Crippen molar-refractivity contribution in [2.75, 3.05) is 25.5 Å². The lowest BCUT2D eigenvalue weighted by molar-refractivity contribution is -0.120. The first-order chi connectivity index (χ1) is 8.04. The molecule has 1 amide bonds. The summed E-state index contributed by atoms with van der Waals surface area (Å²) in [6.07, 6.45) is 0. The topological polar surface area (TPSA) is 52.6 Å². The molecule has 0 bridgehead atoms. The summed E-state index contributed by atoms with van der Waals surface area (Å²) >= 11 is 2.20. The molecule has 0 spiro atoms. The van der Waals surface area contributed by atoms with Crippen molar-refractivity contribution in [1.82, 2.24) is 4.90 Å². The molecule has 0 radical (unpaired) electrons. The predicted molar refractivity (Wildman–Crippen MR) is 77.0 cm³/mol. The van der Waals surface area contributed by atoms with Gasteiger partial charge >= 0.3 is 0 Å². The molecule has 0 saturated carbocycles. The van der Waals surface area contributed by atoms with E-state index in [2.05, 4.69) is 27.9 Å². The molecule has 5 heteroatoms. The zero-order valence-electron chi connectivity index (χ0n) is 9.98. The van der Waals surface area contributed by atoms with Crippen LogP contribution >= 0.6 is 22.6 Å². The summed E-state index contributed by atoms with van der Waals surface area (Å²) in [6.45, 7) is 2.36.